The summed E-state index contributed by atoms with van der Waals surface area (Å²) in [6.45, 7) is 6.88. The normalized spacial score (nSPS) is 15.9. The molecule has 0 radical (unpaired) electrons. The first-order chi connectivity index (χ1) is 14.0. The Morgan fingerprint density at radius 1 is 1.10 bits per heavy atom. The van der Waals surface area contributed by atoms with Crippen LogP contribution in [0.15, 0.2) is 6.20 Å². The van der Waals surface area contributed by atoms with Crippen LogP contribution in [0.1, 0.15) is 85.9 Å². The molecule has 0 spiro atoms. The molecular formula is C23H37N5O. The number of aryl methyl sites for hydroxylation is 3. The van der Waals surface area contributed by atoms with Crippen LogP contribution >= 0.6 is 0 Å². The lowest BCUT2D eigenvalue weighted by molar-refractivity contribution is -0.121. The lowest BCUT2D eigenvalue weighted by Gasteiger charge is -2.24. The molecule has 6 nitrogen and oxygen atoms in total. The molecule has 1 fully saturated rings. The Morgan fingerprint density at radius 2 is 1.79 bits per heavy atom. The van der Waals surface area contributed by atoms with Gasteiger partial charge in [-0.25, -0.2) is 4.98 Å². The van der Waals surface area contributed by atoms with Crippen LogP contribution in [-0.4, -0.2) is 31.8 Å². The Balaban J connectivity index is 1.50. The number of imidazole rings is 1. The first-order valence-corrected chi connectivity index (χ1v) is 11.3. The molecule has 1 saturated carbocycles. The molecule has 1 aliphatic carbocycles. The average Bonchev–Trinajstić information content (AvgIpc) is 3.13. The highest BCUT2D eigenvalue weighted by atomic mass is 16.1. The van der Waals surface area contributed by atoms with Gasteiger partial charge in [0.05, 0.1) is 5.69 Å². The van der Waals surface area contributed by atoms with E-state index in [1.165, 1.54) is 56.2 Å². The van der Waals surface area contributed by atoms with Crippen molar-refractivity contribution in [1.82, 2.24) is 24.6 Å². The van der Waals surface area contributed by atoms with Gasteiger partial charge in [0.2, 0.25) is 5.91 Å². The second kappa shape index (κ2) is 10.1. The summed E-state index contributed by atoms with van der Waals surface area (Å²) in [6, 6.07) is 0.569. The van der Waals surface area contributed by atoms with Crippen LogP contribution in [0.5, 0.6) is 0 Å². The molecule has 2 heterocycles. The zero-order valence-electron chi connectivity index (χ0n) is 18.6. The van der Waals surface area contributed by atoms with Crippen molar-refractivity contribution in [1.29, 1.82) is 0 Å². The molecule has 0 bridgehead atoms. The summed E-state index contributed by atoms with van der Waals surface area (Å²) >= 11 is 0. The summed E-state index contributed by atoms with van der Waals surface area (Å²) in [7, 11) is 1.95. The van der Waals surface area contributed by atoms with Gasteiger partial charge in [0.1, 0.15) is 5.82 Å². The van der Waals surface area contributed by atoms with Gasteiger partial charge in [-0.1, -0.05) is 32.1 Å². The highest BCUT2D eigenvalue weighted by Gasteiger charge is 2.18. The van der Waals surface area contributed by atoms with Crippen LogP contribution in [0.4, 0.5) is 0 Å². The Bertz CT molecular complexity index is 812. The lowest BCUT2D eigenvalue weighted by Crippen LogP contribution is -2.27. The van der Waals surface area contributed by atoms with Crippen LogP contribution in [0.3, 0.4) is 0 Å². The Labute approximate surface area is 175 Å². The van der Waals surface area contributed by atoms with Crippen molar-refractivity contribution in [3.8, 4) is 0 Å². The Kier molecular flexibility index (Phi) is 7.51. The number of aromatic nitrogens is 4. The van der Waals surface area contributed by atoms with Gasteiger partial charge in [-0.3, -0.25) is 9.48 Å². The van der Waals surface area contributed by atoms with E-state index < -0.39 is 0 Å². The molecule has 6 heteroatoms. The molecule has 0 saturated heterocycles. The molecule has 0 aromatic carbocycles. The number of nitrogens with one attached hydrogen (secondary N) is 1. The summed E-state index contributed by atoms with van der Waals surface area (Å²) in [4.78, 5) is 17.0. The molecule has 1 amide bonds. The van der Waals surface area contributed by atoms with Crippen LogP contribution in [-0.2, 0) is 24.7 Å². The molecule has 2 aromatic heterocycles. The van der Waals surface area contributed by atoms with E-state index >= 15 is 0 Å². The van der Waals surface area contributed by atoms with Gasteiger partial charge in [0, 0.05) is 50.1 Å². The Morgan fingerprint density at radius 3 is 2.45 bits per heavy atom. The van der Waals surface area contributed by atoms with Crippen LogP contribution in [0.25, 0.3) is 0 Å². The smallest absolute Gasteiger partial charge is 0.220 e. The zero-order chi connectivity index (χ0) is 20.8. The number of hydrogen-bond acceptors (Lipinski definition) is 3. The van der Waals surface area contributed by atoms with Crippen LogP contribution < -0.4 is 5.32 Å². The number of rotatable bonds is 7. The van der Waals surface area contributed by atoms with Gasteiger partial charge in [0.25, 0.3) is 0 Å². The molecule has 0 aliphatic heterocycles. The number of carbonyl (C=O) groups excluding carboxylic acids is 1. The van der Waals surface area contributed by atoms with Crippen molar-refractivity contribution in [2.45, 2.75) is 91.0 Å². The number of nitrogens with zero attached hydrogens (tertiary/aromatic N) is 4. The van der Waals surface area contributed by atoms with E-state index in [-0.39, 0.29) is 5.91 Å². The van der Waals surface area contributed by atoms with Gasteiger partial charge in [-0.15, -0.1) is 0 Å². The van der Waals surface area contributed by atoms with Crippen molar-refractivity contribution in [2.24, 2.45) is 7.05 Å². The van der Waals surface area contributed by atoms with Gasteiger partial charge in [-0.05, 0) is 45.6 Å². The maximum atomic E-state index is 12.3. The van der Waals surface area contributed by atoms with Crippen molar-refractivity contribution < 1.29 is 4.79 Å². The largest absolute Gasteiger partial charge is 0.356 e. The molecule has 1 N–H and O–H groups in total. The summed E-state index contributed by atoms with van der Waals surface area (Å²) < 4.78 is 4.33. The number of carbonyl (C=O) groups is 1. The van der Waals surface area contributed by atoms with E-state index in [0.29, 0.717) is 19.0 Å². The number of hydrogen-bond donors (Lipinski definition) is 1. The fourth-order valence-electron chi connectivity index (χ4n) is 4.69. The van der Waals surface area contributed by atoms with Crippen molar-refractivity contribution in [3.63, 3.8) is 0 Å². The zero-order valence-corrected chi connectivity index (χ0v) is 18.6. The van der Waals surface area contributed by atoms with Crippen molar-refractivity contribution in [2.75, 3.05) is 6.54 Å². The summed E-state index contributed by atoms with van der Waals surface area (Å²) in [5.41, 5.74) is 4.61. The van der Waals surface area contributed by atoms with E-state index in [1.54, 1.807) is 0 Å². The summed E-state index contributed by atoms with van der Waals surface area (Å²) in [5.74, 6) is 1.22. The highest BCUT2D eigenvalue weighted by Crippen LogP contribution is 2.28. The van der Waals surface area contributed by atoms with Crippen LogP contribution in [0, 0.1) is 20.8 Å². The predicted octanol–water partition coefficient (Wildman–Crippen LogP) is 4.12. The second-order valence-corrected chi connectivity index (χ2v) is 8.56. The van der Waals surface area contributed by atoms with E-state index in [9.17, 15) is 4.79 Å². The quantitative estimate of drug-likeness (QED) is 0.762. The fraction of sp³-hybridized carbons (Fsp3) is 0.696. The van der Waals surface area contributed by atoms with Crippen LogP contribution in [0.2, 0.25) is 0 Å². The molecule has 160 valence electrons. The molecule has 1 aliphatic rings. The fourth-order valence-corrected chi connectivity index (χ4v) is 4.69. The third kappa shape index (κ3) is 5.49. The molecule has 3 rings (SSSR count). The standard InChI is InChI=1S/C23H37N5O/c1-17-16-25-22(28(17)20-10-8-6-5-7-9-11-20)14-15-24-23(29)13-12-21-18(2)26-27(4)19(21)3/h16,20H,5-15H2,1-4H3,(H,24,29). The molecular weight excluding hydrogens is 362 g/mol. The molecule has 0 unspecified atom stereocenters. The second-order valence-electron chi connectivity index (χ2n) is 8.56. The average molecular weight is 400 g/mol. The minimum absolute atomic E-state index is 0.105. The highest BCUT2D eigenvalue weighted by molar-refractivity contribution is 5.76. The molecule has 2 aromatic rings. The summed E-state index contributed by atoms with van der Waals surface area (Å²) in [6.07, 6.45) is 13.2. The van der Waals surface area contributed by atoms with Crippen molar-refractivity contribution >= 4 is 5.91 Å². The minimum Gasteiger partial charge on any atom is -0.356 e. The van der Waals surface area contributed by atoms with E-state index in [1.807, 2.05) is 24.9 Å². The monoisotopic (exact) mass is 399 g/mol. The first-order valence-electron chi connectivity index (χ1n) is 11.3. The van der Waals surface area contributed by atoms with E-state index in [2.05, 4.69) is 33.8 Å². The van der Waals surface area contributed by atoms with Gasteiger partial charge in [0.15, 0.2) is 0 Å². The Hall–Kier alpha value is -2.11. The summed E-state index contributed by atoms with van der Waals surface area (Å²) in [5, 5.41) is 7.52. The predicted molar refractivity (Wildman–Crippen MR) is 116 cm³/mol. The maximum absolute atomic E-state index is 12.3. The third-order valence-electron chi connectivity index (χ3n) is 6.43. The van der Waals surface area contributed by atoms with E-state index in [4.69, 9.17) is 0 Å². The lowest BCUT2D eigenvalue weighted by atomic mass is 9.96. The molecule has 0 atom stereocenters. The van der Waals surface area contributed by atoms with E-state index in [0.717, 1.165) is 30.1 Å². The topological polar surface area (TPSA) is 64.7 Å². The van der Waals surface area contributed by atoms with Gasteiger partial charge < -0.3 is 9.88 Å². The maximum Gasteiger partial charge on any atom is 0.220 e. The van der Waals surface area contributed by atoms with Crippen molar-refractivity contribution in [3.05, 3.63) is 34.7 Å². The first kappa shape index (κ1) is 21.6. The minimum atomic E-state index is 0.105. The third-order valence-corrected chi connectivity index (χ3v) is 6.43. The molecule has 29 heavy (non-hydrogen) atoms. The van der Waals surface area contributed by atoms with Gasteiger partial charge in [-0.2, -0.15) is 5.10 Å². The van der Waals surface area contributed by atoms with Gasteiger partial charge >= 0.3 is 0 Å². The number of amides is 1. The SMILES string of the molecule is Cc1nn(C)c(C)c1CCC(=O)NCCc1ncc(C)n1C1CCCCCCC1.